The number of hydrogen-bond acceptors (Lipinski definition) is 3. The van der Waals surface area contributed by atoms with Crippen LogP contribution in [0.4, 0.5) is 0 Å². The maximum Gasteiger partial charge on any atom is 0.329 e. The Morgan fingerprint density at radius 1 is 1.21 bits per heavy atom. The number of aliphatic hydroxyl groups excluding tert-OH is 1. The first-order valence-corrected chi connectivity index (χ1v) is 6.25. The number of amides is 1. The molecule has 1 atom stereocenters. The highest BCUT2D eigenvalue weighted by Gasteiger charge is 2.37. The number of hydrogen-bond donors (Lipinski definition) is 3. The first kappa shape index (κ1) is 15.2. The maximum atomic E-state index is 12.0. The van der Waals surface area contributed by atoms with Crippen LogP contribution >= 0.6 is 0 Å². The van der Waals surface area contributed by atoms with Gasteiger partial charge < -0.3 is 15.5 Å². The second kappa shape index (κ2) is 6.33. The van der Waals surface area contributed by atoms with Crippen LogP contribution in [-0.2, 0) is 9.59 Å². The summed E-state index contributed by atoms with van der Waals surface area (Å²) in [6, 6.07) is 8.41. The second-order valence-corrected chi connectivity index (χ2v) is 4.40. The van der Waals surface area contributed by atoms with Gasteiger partial charge in [0.1, 0.15) is 5.54 Å². The quantitative estimate of drug-likeness (QED) is 0.727. The molecule has 0 saturated carbocycles. The third-order valence-corrected chi connectivity index (χ3v) is 3.34. The van der Waals surface area contributed by atoms with Gasteiger partial charge in [-0.2, -0.15) is 0 Å². The van der Waals surface area contributed by atoms with Crippen LogP contribution in [0.1, 0.15) is 38.4 Å². The predicted molar refractivity (Wildman–Crippen MR) is 70.5 cm³/mol. The fraction of sp³-hybridized carbons (Fsp3) is 0.429. The second-order valence-electron chi connectivity index (χ2n) is 4.40. The lowest BCUT2D eigenvalue weighted by Gasteiger charge is -2.29. The molecule has 0 heterocycles. The number of nitrogens with one attached hydrogen (secondary N) is 1. The lowest BCUT2D eigenvalue weighted by Crippen LogP contribution is -2.54. The molecule has 0 saturated heterocycles. The van der Waals surface area contributed by atoms with Gasteiger partial charge in [-0.3, -0.25) is 4.79 Å². The van der Waals surface area contributed by atoms with Crippen LogP contribution in [0.2, 0.25) is 0 Å². The topological polar surface area (TPSA) is 86.6 Å². The summed E-state index contributed by atoms with van der Waals surface area (Å²) in [5, 5.41) is 21.6. The zero-order valence-electron chi connectivity index (χ0n) is 11.1. The highest BCUT2D eigenvalue weighted by Crippen LogP contribution is 2.19. The summed E-state index contributed by atoms with van der Waals surface area (Å²) in [4.78, 5) is 23.2. The van der Waals surface area contributed by atoms with Crippen molar-refractivity contribution in [2.24, 2.45) is 0 Å². The van der Waals surface area contributed by atoms with E-state index >= 15 is 0 Å². The third-order valence-electron chi connectivity index (χ3n) is 3.34. The Morgan fingerprint density at radius 2 is 1.74 bits per heavy atom. The van der Waals surface area contributed by atoms with Gasteiger partial charge in [0.15, 0.2) is 6.10 Å². The minimum atomic E-state index is -1.36. The van der Waals surface area contributed by atoms with Gasteiger partial charge >= 0.3 is 5.97 Å². The Morgan fingerprint density at radius 3 is 2.16 bits per heavy atom. The largest absolute Gasteiger partial charge is 0.480 e. The molecule has 5 nitrogen and oxygen atoms in total. The summed E-state index contributed by atoms with van der Waals surface area (Å²) >= 11 is 0. The first-order chi connectivity index (χ1) is 8.96. The molecule has 1 rings (SSSR count). The minimum Gasteiger partial charge on any atom is -0.480 e. The molecule has 0 aromatic heterocycles. The van der Waals surface area contributed by atoms with Crippen molar-refractivity contribution in [1.82, 2.24) is 5.32 Å². The Labute approximate surface area is 112 Å². The normalized spacial score (nSPS) is 12.8. The summed E-state index contributed by atoms with van der Waals surface area (Å²) in [6.07, 6.45) is -0.851. The first-order valence-electron chi connectivity index (χ1n) is 6.25. The Bertz CT molecular complexity index is 440. The van der Waals surface area contributed by atoms with Gasteiger partial charge in [0.05, 0.1) is 0 Å². The molecule has 1 aromatic rings. The number of carboxylic acid groups (broad SMARTS) is 1. The Balaban J connectivity index is 2.87. The van der Waals surface area contributed by atoms with Gasteiger partial charge in [-0.05, 0) is 18.4 Å². The molecule has 1 unspecified atom stereocenters. The predicted octanol–water partition coefficient (Wildman–Crippen LogP) is 1.48. The highest BCUT2D eigenvalue weighted by molar-refractivity contribution is 5.89. The molecule has 1 amide bonds. The van der Waals surface area contributed by atoms with Crippen LogP contribution in [0.15, 0.2) is 30.3 Å². The van der Waals surface area contributed by atoms with Crippen LogP contribution in [0.3, 0.4) is 0 Å². The number of benzene rings is 1. The molecule has 104 valence electrons. The fourth-order valence-electron chi connectivity index (χ4n) is 1.87. The summed E-state index contributed by atoms with van der Waals surface area (Å²) in [5.41, 5.74) is -0.890. The summed E-state index contributed by atoms with van der Waals surface area (Å²) in [5.74, 6) is -1.79. The minimum absolute atomic E-state index is 0.256. The maximum absolute atomic E-state index is 12.0. The van der Waals surface area contributed by atoms with Crippen LogP contribution < -0.4 is 5.32 Å². The molecule has 0 radical (unpaired) electrons. The number of rotatable bonds is 6. The Kier molecular flexibility index (Phi) is 5.06. The standard InChI is InChI=1S/C14H19NO4/c1-3-14(4-2,13(18)19)15-12(17)11(16)10-8-6-5-7-9-10/h5-9,11,16H,3-4H2,1-2H3,(H,15,17)(H,18,19). The van der Waals surface area contributed by atoms with Crippen molar-refractivity contribution in [1.29, 1.82) is 0 Å². The molecule has 3 N–H and O–H groups in total. The van der Waals surface area contributed by atoms with Crippen LogP contribution in [0, 0.1) is 0 Å². The van der Waals surface area contributed by atoms with E-state index in [-0.39, 0.29) is 12.8 Å². The summed E-state index contributed by atoms with van der Waals surface area (Å²) in [6.45, 7) is 3.37. The summed E-state index contributed by atoms with van der Waals surface area (Å²) in [7, 11) is 0. The SMILES string of the molecule is CCC(CC)(NC(=O)C(O)c1ccccc1)C(=O)O. The van der Waals surface area contributed by atoms with Gasteiger partial charge in [0.2, 0.25) is 0 Å². The van der Waals surface area contributed by atoms with Crippen LogP contribution in [0.25, 0.3) is 0 Å². The van der Waals surface area contributed by atoms with E-state index in [9.17, 15) is 19.8 Å². The lowest BCUT2D eigenvalue weighted by atomic mass is 9.92. The molecule has 0 fully saturated rings. The van der Waals surface area contributed by atoms with Gasteiger partial charge in [0.25, 0.3) is 5.91 Å². The van der Waals surface area contributed by atoms with Crippen molar-refractivity contribution in [2.45, 2.75) is 38.3 Å². The van der Waals surface area contributed by atoms with E-state index in [1.807, 2.05) is 0 Å². The van der Waals surface area contributed by atoms with Crippen molar-refractivity contribution >= 4 is 11.9 Å². The number of aliphatic hydroxyl groups is 1. The molecule has 0 aliphatic rings. The van der Waals surface area contributed by atoms with Crippen molar-refractivity contribution < 1.29 is 19.8 Å². The van der Waals surface area contributed by atoms with Crippen LogP contribution in [0.5, 0.6) is 0 Å². The number of carboxylic acids is 1. The van der Waals surface area contributed by atoms with Gasteiger partial charge in [0, 0.05) is 0 Å². The summed E-state index contributed by atoms with van der Waals surface area (Å²) < 4.78 is 0. The third kappa shape index (κ3) is 3.32. The van der Waals surface area contributed by atoms with E-state index in [0.29, 0.717) is 5.56 Å². The van der Waals surface area contributed by atoms with Crippen molar-refractivity contribution in [2.75, 3.05) is 0 Å². The Hall–Kier alpha value is -1.88. The fourth-order valence-corrected chi connectivity index (χ4v) is 1.87. The molecule has 0 aliphatic heterocycles. The van der Waals surface area contributed by atoms with E-state index < -0.39 is 23.5 Å². The zero-order chi connectivity index (χ0) is 14.5. The van der Waals surface area contributed by atoms with E-state index in [1.54, 1.807) is 44.2 Å². The van der Waals surface area contributed by atoms with E-state index in [2.05, 4.69) is 5.32 Å². The lowest BCUT2D eigenvalue weighted by molar-refractivity contribution is -0.149. The van der Waals surface area contributed by atoms with Gasteiger partial charge in [-0.1, -0.05) is 44.2 Å². The highest BCUT2D eigenvalue weighted by atomic mass is 16.4. The number of aliphatic carboxylic acids is 1. The molecule has 0 bridgehead atoms. The van der Waals surface area contributed by atoms with E-state index in [4.69, 9.17) is 0 Å². The smallest absolute Gasteiger partial charge is 0.329 e. The van der Waals surface area contributed by atoms with Gasteiger partial charge in [-0.25, -0.2) is 4.79 Å². The zero-order valence-corrected chi connectivity index (χ0v) is 11.1. The molecular formula is C14H19NO4. The van der Waals surface area contributed by atoms with Gasteiger partial charge in [-0.15, -0.1) is 0 Å². The molecule has 1 aromatic carbocycles. The van der Waals surface area contributed by atoms with Crippen molar-refractivity contribution in [3.63, 3.8) is 0 Å². The molecule has 19 heavy (non-hydrogen) atoms. The molecule has 0 aliphatic carbocycles. The average molecular weight is 265 g/mol. The average Bonchev–Trinajstić information content (AvgIpc) is 2.44. The number of carbonyl (C=O) groups is 2. The molecule has 0 spiro atoms. The molecule has 5 heteroatoms. The van der Waals surface area contributed by atoms with E-state index in [0.717, 1.165) is 0 Å². The monoisotopic (exact) mass is 265 g/mol. The number of carbonyl (C=O) groups excluding carboxylic acids is 1. The molecular weight excluding hydrogens is 246 g/mol. The van der Waals surface area contributed by atoms with E-state index in [1.165, 1.54) is 0 Å². The van der Waals surface area contributed by atoms with Crippen molar-refractivity contribution in [3.05, 3.63) is 35.9 Å². The van der Waals surface area contributed by atoms with Crippen LogP contribution in [-0.4, -0.2) is 27.6 Å². The van der Waals surface area contributed by atoms with Crippen molar-refractivity contribution in [3.8, 4) is 0 Å².